The average Bonchev–Trinajstić information content (AvgIpc) is 2.23. The molecule has 6 heteroatoms. The lowest BCUT2D eigenvalue weighted by atomic mass is 10.2. The predicted octanol–water partition coefficient (Wildman–Crippen LogP) is 1.14. The standard InChI is InChI=1S/C11H24N2O2S2/c1-11(2)10-13(7-8-16-11)17(14,15)9-5-4-6-12-3/h12H,4-10H2,1-3H3. The monoisotopic (exact) mass is 280 g/mol. The molecule has 0 amide bonds. The summed E-state index contributed by atoms with van der Waals surface area (Å²) in [6.07, 6.45) is 1.66. The lowest BCUT2D eigenvalue weighted by Crippen LogP contribution is -2.46. The zero-order valence-corrected chi connectivity index (χ0v) is 12.7. The van der Waals surface area contributed by atoms with Gasteiger partial charge in [-0.05, 0) is 40.3 Å². The Morgan fingerprint density at radius 2 is 2.06 bits per heavy atom. The van der Waals surface area contributed by atoms with Crippen molar-refractivity contribution in [1.82, 2.24) is 9.62 Å². The van der Waals surface area contributed by atoms with Crippen molar-refractivity contribution < 1.29 is 8.42 Å². The molecule has 0 bridgehead atoms. The number of unbranched alkanes of at least 4 members (excludes halogenated alkanes) is 1. The molecule has 102 valence electrons. The topological polar surface area (TPSA) is 49.4 Å². The Labute approximate surface area is 110 Å². The molecule has 0 aromatic heterocycles. The maximum absolute atomic E-state index is 12.1. The van der Waals surface area contributed by atoms with Gasteiger partial charge >= 0.3 is 0 Å². The van der Waals surface area contributed by atoms with Gasteiger partial charge in [-0.1, -0.05) is 0 Å². The molecule has 1 saturated heterocycles. The van der Waals surface area contributed by atoms with Crippen LogP contribution in [-0.4, -0.2) is 55.7 Å². The minimum Gasteiger partial charge on any atom is -0.320 e. The molecule has 0 saturated carbocycles. The number of nitrogens with one attached hydrogen (secondary N) is 1. The third-order valence-electron chi connectivity index (χ3n) is 2.86. The molecule has 1 N–H and O–H groups in total. The molecule has 0 radical (unpaired) electrons. The summed E-state index contributed by atoms with van der Waals surface area (Å²) in [6, 6.07) is 0. The van der Waals surface area contributed by atoms with Crippen LogP contribution in [-0.2, 0) is 10.0 Å². The quantitative estimate of drug-likeness (QED) is 0.741. The minimum atomic E-state index is -3.04. The normalized spacial score (nSPS) is 21.6. The van der Waals surface area contributed by atoms with Crippen molar-refractivity contribution in [3.8, 4) is 0 Å². The van der Waals surface area contributed by atoms with Crippen molar-refractivity contribution in [3.05, 3.63) is 0 Å². The van der Waals surface area contributed by atoms with Crippen LogP contribution in [0.5, 0.6) is 0 Å². The molecule has 0 aromatic rings. The summed E-state index contributed by atoms with van der Waals surface area (Å²) in [5.74, 6) is 1.19. The molecule has 17 heavy (non-hydrogen) atoms. The molecule has 0 unspecified atom stereocenters. The van der Waals surface area contributed by atoms with Gasteiger partial charge in [-0.25, -0.2) is 8.42 Å². The highest BCUT2D eigenvalue weighted by Crippen LogP contribution is 2.30. The average molecular weight is 280 g/mol. The van der Waals surface area contributed by atoms with Crippen molar-refractivity contribution in [3.63, 3.8) is 0 Å². The van der Waals surface area contributed by atoms with Gasteiger partial charge in [-0.3, -0.25) is 0 Å². The van der Waals surface area contributed by atoms with Crippen molar-refractivity contribution >= 4 is 21.8 Å². The Bertz CT molecular complexity index is 328. The second kappa shape index (κ2) is 6.41. The van der Waals surface area contributed by atoms with Gasteiger partial charge in [-0.2, -0.15) is 16.1 Å². The zero-order chi connectivity index (χ0) is 12.9. The SMILES string of the molecule is CNCCCCS(=O)(=O)N1CCSC(C)(C)C1. The number of hydrogen-bond acceptors (Lipinski definition) is 4. The largest absolute Gasteiger partial charge is 0.320 e. The molecule has 1 aliphatic heterocycles. The lowest BCUT2D eigenvalue weighted by Gasteiger charge is -2.36. The van der Waals surface area contributed by atoms with Gasteiger partial charge in [0.1, 0.15) is 0 Å². The maximum Gasteiger partial charge on any atom is 0.214 e. The van der Waals surface area contributed by atoms with E-state index in [0.717, 1.165) is 25.1 Å². The fourth-order valence-corrected chi connectivity index (χ4v) is 4.95. The fourth-order valence-electron chi connectivity index (χ4n) is 1.93. The highest BCUT2D eigenvalue weighted by atomic mass is 32.2. The number of rotatable bonds is 6. The summed E-state index contributed by atoms with van der Waals surface area (Å²) in [7, 11) is -1.15. The minimum absolute atomic E-state index is 0.0519. The van der Waals surface area contributed by atoms with E-state index in [-0.39, 0.29) is 10.5 Å². The first kappa shape index (κ1) is 15.3. The summed E-state index contributed by atoms with van der Waals surface area (Å²) in [5, 5.41) is 3.03. The third kappa shape index (κ3) is 5.16. The highest BCUT2D eigenvalue weighted by Gasteiger charge is 2.33. The third-order valence-corrected chi connectivity index (χ3v) is 6.06. The lowest BCUT2D eigenvalue weighted by molar-refractivity contribution is 0.386. The van der Waals surface area contributed by atoms with Gasteiger partial charge in [0.2, 0.25) is 10.0 Å². The smallest absolute Gasteiger partial charge is 0.214 e. The van der Waals surface area contributed by atoms with Crippen molar-refractivity contribution in [2.75, 3.05) is 38.2 Å². The van der Waals surface area contributed by atoms with E-state index in [9.17, 15) is 8.42 Å². The molecule has 1 fully saturated rings. The van der Waals surface area contributed by atoms with Crippen LogP contribution in [0.25, 0.3) is 0 Å². The maximum atomic E-state index is 12.1. The van der Waals surface area contributed by atoms with Crippen molar-refractivity contribution in [2.24, 2.45) is 0 Å². The van der Waals surface area contributed by atoms with E-state index in [1.165, 1.54) is 0 Å². The van der Waals surface area contributed by atoms with Gasteiger partial charge in [0.05, 0.1) is 5.75 Å². The second-order valence-corrected chi connectivity index (χ2v) is 8.96. The molecule has 4 nitrogen and oxygen atoms in total. The predicted molar refractivity (Wildman–Crippen MR) is 75.1 cm³/mol. The van der Waals surface area contributed by atoms with E-state index >= 15 is 0 Å². The summed E-state index contributed by atoms with van der Waals surface area (Å²) in [6.45, 7) is 6.42. The molecule has 0 atom stereocenters. The van der Waals surface area contributed by atoms with Gasteiger partial charge in [-0.15, -0.1) is 0 Å². The molecule has 0 aliphatic carbocycles. The van der Waals surface area contributed by atoms with Gasteiger partial charge < -0.3 is 5.32 Å². The fraction of sp³-hybridized carbons (Fsp3) is 1.00. The van der Waals surface area contributed by atoms with Crippen LogP contribution in [0.2, 0.25) is 0 Å². The molecule has 0 aromatic carbocycles. The van der Waals surface area contributed by atoms with E-state index in [1.807, 2.05) is 18.8 Å². The molecule has 1 heterocycles. The first-order valence-corrected chi connectivity index (χ1v) is 8.73. The van der Waals surface area contributed by atoms with Crippen LogP contribution >= 0.6 is 11.8 Å². The number of nitrogens with zero attached hydrogens (tertiary/aromatic N) is 1. The van der Waals surface area contributed by atoms with Crippen LogP contribution < -0.4 is 5.32 Å². The summed E-state index contributed by atoms with van der Waals surface area (Å²) in [5.41, 5.74) is 0. The number of thioether (sulfide) groups is 1. The van der Waals surface area contributed by atoms with Crippen molar-refractivity contribution in [1.29, 1.82) is 0 Å². The van der Waals surface area contributed by atoms with Gasteiger partial charge in [0.15, 0.2) is 0 Å². The van der Waals surface area contributed by atoms with E-state index < -0.39 is 10.0 Å². The van der Waals surface area contributed by atoms with Crippen LogP contribution in [0.1, 0.15) is 26.7 Å². The number of sulfonamides is 1. The first-order chi connectivity index (χ1) is 7.87. The Balaban J connectivity index is 2.46. The van der Waals surface area contributed by atoms with E-state index in [1.54, 1.807) is 4.31 Å². The summed E-state index contributed by atoms with van der Waals surface area (Å²) < 4.78 is 26.0. The summed E-state index contributed by atoms with van der Waals surface area (Å²) >= 11 is 1.86. The zero-order valence-electron chi connectivity index (χ0n) is 11.0. The van der Waals surface area contributed by atoms with Gasteiger partial charge in [0, 0.05) is 23.6 Å². The van der Waals surface area contributed by atoms with Crippen LogP contribution in [0, 0.1) is 0 Å². The Morgan fingerprint density at radius 3 is 2.65 bits per heavy atom. The van der Waals surface area contributed by atoms with Gasteiger partial charge in [0.25, 0.3) is 0 Å². The highest BCUT2D eigenvalue weighted by molar-refractivity contribution is 8.00. The van der Waals surface area contributed by atoms with Crippen LogP contribution in [0.4, 0.5) is 0 Å². The van der Waals surface area contributed by atoms with E-state index in [2.05, 4.69) is 19.2 Å². The second-order valence-electron chi connectivity index (χ2n) is 5.07. The summed E-state index contributed by atoms with van der Waals surface area (Å²) in [4.78, 5) is 0. The molecule has 0 spiro atoms. The van der Waals surface area contributed by atoms with Crippen LogP contribution in [0.3, 0.4) is 0 Å². The van der Waals surface area contributed by atoms with Crippen LogP contribution in [0.15, 0.2) is 0 Å². The molecular formula is C11H24N2O2S2. The van der Waals surface area contributed by atoms with E-state index in [4.69, 9.17) is 0 Å². The Kier molecular flexibility index (Phi) is 5.76. The molecule has 1 rings (SSSR count). The Hall–Kier alpha value is 0.220. The van der Waals surface area contributed by atoms with Crippen molar-refractivity contribution in [2.45, 2.75) is 31.4 Å². The molecule has 1 aliphatic rings. The van der Waals surface area contributed by atoms with E-state index in [0.29, 0.717) is 13.1 Å². The Morgan fingerprint density at radius 1 is 1.35 bits per heavy atom. The molecular weight excluding hydrogens is 256 g/mol. The first-order valence-electron chi connectivity index (χ1n) is 6.14. The number of hydrogen-bond donors (Lipinski definition) is 1.